The van der Waals surface area contributed by atoms with Gasteiger partial charge >= 0.3 is 0 Å². The Morgan fingerprint density at radius 1 is 1.35 bits per heavy atom. The second kappa shape index (κ2) is 6.37. The van der Waals surface area contributed by atoms with Crippen LogP contribution in [0.3, 0.4) is 0 Å². The summed E-state index contributed by atoms with van der Waals surface area (Å²) in [7, 11) is 0. The Labute approximate surface area is 102 Å². The molecule has 0 bridgehead atoms. The first-order valence-corrected chi connectivity index (χ1v) is 5.79. The SMILES string of the molecule is CC(C)C(CO)NC(=O)c1ccc(CN)cc1. The molecule has 1 aromatic rings. The van der Waals surface area contributed by atoms with E-state index < -0.39 is 0 Å². The van der Waals surface area contributed by atoms with Gasteiger partial charge in [-0.15, -0.1) is 0 Å². The van der Waals surface area contributed by atoms with Gasteiger partial charge in [0.05, 0.1) is 12.6 Å². The first-order valence-electron chi connectivity index (χ1n) is 5.79. The summed E-state index contributed by atoms with van der Waals surface area (Å²) in [6.45, 7) is 4.33. The Balaban J connectivity index is 2.68. The first-order chi connectivity index (χ1) is 8.08. The third-order valence-electron chi connectivity index (χ3n) is 2.77. The van der Waals surface area contributed by atoms with E-state index in [1.54, 1.807) is 12.1 Å². The van der Waals surface area contributed by atoms with Gasteiger partial charge in [0.2, 0.25) is 0 Å². The second-order valence-electron chi connectivity index (χ2n) is 4.41. The topological polar surface area (TPSA) is 75.3 Å². The molecule has 0 aliphatic carbocycles. The zero-order valence-electron chi connectivity index (χ0n) is 10.3. The summed E-state index contributed by atoms with van der Waals surface area (Å²) < 4.78 is 0. The van der Waals surface area contributed by atoms with Gasteiger partial charge in [-0.25, -0.2) is 0 Å². The number of hydrogen-bond acceptors (Lipinski definition) is 3. The van der Waals surface area contributed by atoms with Crippen LogP contribution in [0.25, 0.3) is 0 Å². The average Bonchev–Trinajstić information content (AvgIpc) is 2.35. The molecule has 0 aliphatic heterocycles. The largest absolute Gasteiger partial charge is 0.394 e. The molecule has 1 unspecified atom stereocenters. The van der Waals surface area contributed by atoms with E-state index in [9.17, 15) is 4.79 Å². The van der Waals surface area contributed by atoms with E-state index >= 15 is 0 Å². The lowest BCUT2D eigenvalue weighted by Crippen LogP contribution is -2.41. The van der Waals surface area contributed by atoms with Crippen LogP contribution in [0.2, 0.25) is 0 Å². The zero-order valence-corrected chi connectivity index (χ0v) is 10.3. The van der Waals surface area contributed by atoms with Gasteiger partial charge in [-0.05, 0) is 23.6 Å². The fourth-order valence-corrected chi connectivity index (χ4v) is 1.47. The summed E-state index contributed by atoms with van der Waals surface area (Å²) in [5, 5.41) is 11.9. The molecular formula is C13H20N2O2. The fraction of sp³-hybridized carbons (Fsp3) is 0.462. The summed E-state index contributed by atoms with van der Waals surface area (Å²) in [5.41, 5.74) is 7.06. The molecule has 0 saturated heterocycles. The van der Waals surface area contributed by atoms with Crippen molar-refractivity contribution in [3.05, 3.63) is 35.4 Å². The highest BCUT2D eigenvalue weighted by molar-refractivity contribution is 5.94. The first kappa shape index (κ1) is 13.7. The predicted molar refractivity (Wildman–Crippen MR) is 67.5 cm³/mol. The van der Waals surface area contributed by atoms with Gasteiger partial charge in [-0.3, -0.25) is 4.79 Å². The Bertz CT molecular complexity index is 360. The summed E-state index contributed by atoms with van der Waals surface area (Å²) in [6.07, 6.45) is 0. The van der Waals surface area contributed by atoms with Crippen LogP contribution in [-0.2, 0) is 6.54 Å². The molecule has 0 aromatic heterocycles. The van der Waals surface area contributed by atoms with Crippen LogP contribution in [0, 0.1) is 5.92 Å². The van der Waals surface area contributed by atoms with Crippen LogP contribution >= 0.6 is 0 Å². The normalized spacial score (nSPS) is 12.5. The van der Waals surface area contributed by atoms with Gasteiger partial charge in [0.15, 0.2) is 0 Å². The number of nitrogens with two attached hydrogens (primary N) is 1. The maximum atomic E-state index is 11.9. The standard InChI is InChI=1S/C13H20N2O2/c1-9(2)12(8-16)15-13(17)11-5-3-10(7-14)4-6-11/h3-6,9,12,16H,7-8,14H2,1-2H3,(H,15,17). The molecule has 0 radical (unpaired) electrons. The highest BCUT2D eigenvalue weighted by atomic mass is 16.3. The van der Waals surface area contributed by atoms with Crippen molar-refractivity contribution in [1.82, 2.24) is 5.32 Å². The molecular weight excluding hydrogens is 216 g/mol. The Kier molecular flexibility index (Phi) is 5.12. The minimum Gasteiger partial charge on any atom is -0.394 e. The van der Waals surface area contributed by atoms with Crippen molar-refractivity contribution >= 4 is 5.91 Å². The van der Waals surface area contributed by atoms with Crippen LogP contribution in [0.5, 0.6) is 0 Å². The molecule has 0 heterocycles. The lowest BCUT2D eigenvalue weighted by molar-refractivity contribution is 0.0897. The van der Waals surface area contributed by atoms with E-state index in [2.05, 4.69) is 5.32 Å². The van der Waals surface area contributed by atoms with E-state index in [0.29, 0.717) is 12.1 Å². The number of nitrogens with one attached hydrogen (secondary N) is 1. The van der Waals surface area contributed by atoms with Crippen LogP contribution in [-0.4, -0.2) is 23.7 Å². The maximum absolute atomic E-state index is 11.9. The van der Waals surface area contributed by atoms with Crippen LogP contribution in [0.4, 0.5) is 0 Å². The summed E-state index contributed by atoms with van der Waals surface area (Å²) in [5.74, 6) is 0.0357. The van der Waals surface area contributed by atoms with Crippen molar-refractivity contribution in [2.24, 2.45) is 11.7 Å². The van der Waals surface area contributed by atoms with Crippen molar-refractivity contribution < 1.29 is 9.90 Å². The number of carbonyl (C=O) groups excluding carboxylic acids is 1. The molecule has 0 fully saturated rings. The van der Waals surface area contributed by atoms with E-state index in [1.165, 1.54) is 0 Å². The van der Waals surface area contributed by atoms with Gasteiger partial charge in [0, 0.05) is 12.1 Å². The quantitative estimate of drug-likeness (QED) is 0.710. The molecule has 1 amide bonds. The predicted octanol–water partition coefficient (Wildman–Crippen LogP) is 0.892. The number of hydrogen-bond donors (Lipinski definition) is 3. The fourth-order valence-electron chi connectivity index (χ4n) is 1.47. The van der Waals surface area contributed by atoms with Gasteiger partial charge in [0.25, 0.3) is 5.91 Å². The Hall–Kier alpha value is -1.39. The molecule has 17 heavy (non-hydrogen) atoms. The average molecular weight is 236 g/mol. The second-order valence-corrected chi connectivity index (χ2v) is 4.41. The number of aliphatic hydroxyl groups excluding tert-OH is 1. The minimum absolute atomic E-state index is 0.0513. The molecule has 4 nitrogen and oxygen atoms in total. The Morgan fingerprint density at radius 3 is 2.35 bits per heavy atom. The lowest BCUT2D eigenvalue weighted by Gasteiger charge is -2.19. The number of amides is 1. The molecule has 1 atom stereocenters. The molecule has 1 rings (SSSR count). The zero-order chi connectivity index (χ0) is 12.8. The van der Waals surface area contributed by atoms with Crippen LogP contribution in [0.1, 0.15) is 29.8 Å². The van der Waals surface area contributed by atoms with Gasteiger partial charge in [-0.2, -0.15) is 0 Å². The lowest BCUT2D eigenvalue weighted by atomic mass is 10.0. The van der Waals surface area contributed by atoms with E-state index in [-0.39, 0.29) is 24.5 Å². The minimum atomic E-state index is -0.211. The number of carbonyl (C=O) groups is 1. The van der Waals surface area contributed by atoms with Gasteiger partial charge in [-0.1, -0.05) is 26.0 Å². The van der Waals surface area contributed by atoms with E-state index in [0.717, 1.165) is 5.56 Å². The van der Waals surface area contributed by atoms with Crippen molar-refractivity contribution in [3.8, 4) is 0 Å². The number of rotatable bonds is 5. The van der Waals surface area contributed by atoms with E-state index in [4.69, 9.17) is 10.8 Å². The van der Waals surface area contributed by atoms with Crippen molar-refractivity contribution in [2.75, 3.05) is 6.61 Å². The number of aliphatic hydroxyl groups is 1. The van der Waals surface area contributed by atoms with E-state index in [1.807, 2.05) is 26.0 Å². The molecule has 94 valence electrons. The van der Waals surface area contributed by atoms with Gasteiger partial charge in [0.1, 0.15) is 0 Å². The molecule has 0 saturated carbocycles. The Morgan fingerprint density at radius 2 is 1.94 bits per heavy atom. The van der Waals surface area contributed by atoms with Crippen LogP contribution < -0.4 is 11.1 Å². The summed E-state index contributed by atoms with van der Waals surface area (Å²) >= 11 is 0. The molecule has 1 aromatic carbocycles. The highest BCUT2D eigenvalue weighted by Crippen LogP contribution is 2.06. The van der Waals surface area contributed by atoms with Crippen molar-refractivity contribution in [2.45, 2.75) is 26.4 Å². The summed E-state index contributed by atoms with van der Waals surface area (Å²) in [4.78, 5) is 11.9. The maximum Gasteiger partial charge on any atom is 0.251 e. The summed E-state index contributed by atoms with van der Waals surface area (Å²) in [6, 6.07) is 6.94. The van der Waals surface area contributed by atoms with Crippen LogP contribution in [0.15, 0.2) is 24.3 Å². The third kappa shape index (κ3) is 3.84. The smallest absolute Gasteiger partial charge is 0.251 e. The van der Waals surface area contributed by atoms with Crippen molar-refractivity contribution in [3.63, 3.8) is 0 Å². The third-order valence-corrected chi connectivity index (χ3v) is 2.77. The highest BCUT2D eigenvalue weighted by Gasteiger charge is 2.15. The number of benzene rings is 1. The molecule has 0 aliphatic rings. The molecule has 0 spiro atoms. The van der Waals surface area contributed by atoms with Gasteiger partial charge < -0.3 is 16.2 Å². The molecule has 4 N–H and O–H groups in total. The van der Waals surface area contributed by atoms with Crippen molar-refractivity contribution in [1.29, 1.82) is 0 Å². The molecule has 4 heteroatoms. The monoisotopic (exact) mass is 236 g/mol.